The van der Waals surface area contributed by atoms with Crippen molar-refractivity contribution in [2.45, 2.75) is 6.92 Å². The number of para-hydroxylation sites is 1. The molecule has 0 unspecified atom stereocenters. The number of aryl methyl sites for hydroxylation is 1. The fourth-order valence-corrected chi connectivity index (χ4v) is 4.07. The molecular formula is C27H20BrN3. The Balaban J connectivity index is 1.66. The molecule has 4 aromatic carbocycles. The molecule has 31 heavy (non-hydrogen) atoms. The standard InChI is InChI=1S/C27H20BrN3/c1-19-7-2-5-11-25(19)31(26-12-6-9-20-8-3-4-10-23(20)26)22-15-13-21(14-16-22)24-17-30-27(28)18-29-24/h2-18H,1H3. The molecule has 3 nitrogen and oxygen atoms in total. The van der Waals surface area contributed by atoms with E-state index in [4.69, 9.17) is 0 Å². The number of hydrogen-bond acceptors (Lipinski definition) is 3. The van der Waals surface area contributed by atoms with Crippen molar-refractivity contribution in [3.05, 3.63) is 114 Å². The number of hydrogen-bond donors (Lipinski definition) is 0. The van der Waals surface area contributed by atoms with Crippen LogP contribution in [0.25, 0.3) is 22.0 Å². The van der Waals surface area contributed by atoms with Crippen LogP contribution < -0.4 is 4.90 Å². The highest BCUT2D eigenvalue weighted by molar-refractivity contribution is 9.10. The van der Waals surface area contributed by atoms with Crippen LogP contribution in [0.5, 0.6) is 0 Å². The van der Waals surface area contributed by atoms with Gasteiger partial charge in [-0.15, -0.1) is 0 Å². The zero-order valence-electron chi connectivity index (χ0n) is 17.0. The van der Waals surface area contributed by atoms with Crippen LogP contribution in [0.1, 0.15) is 5.56 Å². The van der Waals surface area contributed by atoms with Crippen LogP contribution in [0.2, 0.25) is 0 Å². The monoisotopic (exact) mass is 465 g/mol. The van der Waals surface area contributed by atoms with Gasteiger partial charge in [0.2, 0.25) is 0 Å². The minimum absolute atomic E-state index is 0.731. The maximum absolute atomic E-state index is 4.47. The number of nitrogens with zero attached hydrogens (tertiary/aromatic N) is 3. The summed E-state index contributed by atoms with van der Waals surface area (Å²) in [4.78, 5) is 11.1. The van der Waals surface area contributed by atoms with Gasteiger partial charge in [-0.1, -0.05) is 66.7 Å². The van der Waals surface area contributed by atoms with Crippen LogP contribution in [0, 0.1) is 6.92 Å². The molecule has 0 saturated carbocycles. The molecule has 4 heteroatoms. The first-order chi connectivity index (χ1) is 15.2. The molecule has 0 N–H and O–H groups in total. The van der Waals surface area contributed by atoms with Gasteiger partial charge in [0.15, 0.2) is 0 Å². The Morgan fingerprint density at radius 2 is 1.39 bits per heavy atom. The van der Waals surface area contributed by atoms with Gasteiger partial charge in [-0.25, -0.2) is 4.98 Å². The average molecular weight is 466 g/mol. The fourth-order valence-electron chi connectivity index (χ4n) is 3.87. The highest BCUT2D eigenvalue weighted by Gasteiger charge is 2.16. The summed E-state index contributed by atoms with van der Waals surface area (Å²) in [6.45, 7) is 2.15. The Labute approximate surface area is 190 Å². The molecule has 0 aliphatic heterocycles. The molecule has 0 fully saturated rings. The quantitative estimate of drug-likeness (QED) is 0.270. The predicted octanol–water partition coefficient (Wildman–Crippen LogP) is 7.84. The summed E-state index contributed by atoms with van der Waals surface area (Å²) in [6.07, 6.45) is 3.50. The van der Waals surface area contributed by atoms with Crippen molar-refractivity contribution < 1.29 is 0 Å². The number of halogens is 1. The van der Waals surface area contributed by atoms with Gasteiger partial charge in [0, 0.05) is 22.3 Å². The van der Waals surface area contributed by atoms with Crippen LogP contribution in [-0.2, 0) is 0 Å². The van der Waals surface area contributed by atoms with Crippen LogP contribution in [0.15, 0.2) is 108 Å². The summed E-state index contributed by atoms with van der Waals surface area (Å²) in [6, 6.07) is 32.0. The molecule has 0 aliphatic carbocycles. The van der Waals surface area contributed by atoms with Gasteiger partial charge in [0.25, 0.3) is 0 Å². The van der Waals surface area contributed by atoms with Crippen LogP contribution in [0.3, 0.4) is 0 Å². The van der Waals surface area contributed by atoms with Gasteiger partial charge in [-0.05, 0) is 58.1 Å². The van der Waals surface area contributed by atoms with Gasteiger partial charge >= 0.3 is 0 Å². The lowest BCUT2D eigenvalue weighted by molar-refractivity contribution is 1.17. The zero-order chi connectivity index (χ0) is 21.2. The van der Waals surface area contributed by atoms with Gasteiger partial charge in [0.1, 0.15) is 4.60 Å². The molecule has 0 amide bonds. The molecule has 0 bridgehead atoms. The largest absolute Gasteiger partial charge is 0.310 e. The Kier molecular flexibility index (Phi) is 5.23. The lowest BCUT2D eigenvalue weighted by atomic mass is 10.0. The minimum atomic E-state index is 0.731. The van der Waals surface area contributed by atoms with E-state index in [0.29, 0.717) is 0 Å². The Hall–Kier alpha value is -3.50. The highest BCUT2D eigenvalue weighted by Crippen LogP contribution is 2.40. The van der Waals surface area contributed by atoms with Gasteiger partial charge in [-0.2, -0.15) is 0 Å². The van der Waals surface area contributed by atoms with Crippen molar-refractivity contribution in [3.8, 4) is 11.3 Å². The van der Waals surface area contributed by atoms with Gasteiger partial charge < -0.3 is 4.90 Å². The van der Waals surface area contributed by atoms with Crippen molar-refractivity contribution >= 4 is 43.8 Å². The zero-order valence-corrected chi connectivity index (χ0v) is 18.6. The van der Waals surface area contributed by atoms with Crippen molar-refractivity contribution in [3.63, 3.8) is 0 Å². The molecule has 1 aromatic heterocycles. The molecule has 0 aliphatic rings. The Morgan fingerprint density at radius 1 is 0.677 bits per heavy atom. The third-order valence-electron chi connectivity index (χ3n) is 5.41. The van der Waals surface area contributed by atoms with Crippen molar-refractivity contribution in [2.75, 3.05) is 4.90 Å². The van der Waals surface area contributed by atoms with Crippen molar-refractivity contribution in [1.29, 1.82) is 0 Å². The van der Waals surface area contributed by atoms with Crippen LogP contribution >= 0.6 is 15.9 Å². The molecule has 0 atom stereocenters. The number of benzene rings is 4. The summed E-state index contributed by atoms with van der Waals surface area (Å²) in [5.41, 5.74) is 6.52. The third-order valence-corrected chi connectivity index (χ3v) is 5.81. The summed E-state index contributed by atoms with van der Waals surface area (Å²) in [5, 5.41) is 2.44. The van der Waals surface area contributed by atoms with Crippen molar-refractivity contribution in [2.24, 2.45) is 0 Å². The number of aromatic nitrogens is 2. The van der Waals surface area contributed by atoms with E-state index in [0.717, 1.165) is 32.9 Å². The number of fused-ring (bicyclic) bond motifs is 1. The van der Waals surface area contributed by atoms with Gasteiger partial charge in [0.05, 0.1) is 23.8 Å². The summed E-state index contributed by atoms with van der Waals surface area (Å²) >= 11 is 3.35. The lowest BCUT2D eigenvalue weighted by Gasteiger charge is -2.28. The predicted molar refractivity (Wildman–Crippen MR) is 132 cm³/mol. The molecule has 0 spiro atoms. The number of rotatable bonds is 4. The second kappa shape index (κ2) is 8.32. The number of anilines is 3. The van der Waals surface area contributed by atoms with E-state index in [1.807, 2.05) is 0 Å². The van der Waals surface area contributed by atoms with E-state index in [2.05, 4.69) is 129 Å². The minimum Gasteiger partial charge on any atom is -0.310 e. The molecule has 5 rings (SSSR count). The molecule has 1 heterocycles. The molecule has 150 valence electrons. The second-order valence-electron chi connectivity index (χ2n) is 7.39. The van der Waals surface area contributed by atoms with Crippen molar-refractivity contribution in [1.82, 2.24) is 9.97 Å². The van der Waals surface area contributed by atoms with E-state index in [-0.39, 0.29) is 0 Å². The van der Waals surface area contributed by atoms with E-state index in [9.17, 15) is 0 Å². The highest BCUT2D eigenvalue weighted by atomic mass is 79.9. The average Bonchev–Trinajstić information content (AvgIpc) is 2.82. The van der Waals surface area contributed by atoms with E-state index >= 15 is 0 Å². The first-order valence-electron chi connectivity index (χ1n) is 10.1. The maximum Gasteiger partial charge on any atom is 0.124 e. The SMILES string of the molecule is Cc1ccccc1N(c1ccc(-c2cnc(Br)cn2)cc1)c1cccc2ccccc12. The third kappa shape index (κ3) is 3.82. The molecule has 0 radical (unpaired) electrons. The molecular weight excluding hydrogens is 446 g/mol. The summed E-state index contributed by atoms with van der Waals surface area (Å²) in [7, 11) is 0. The Bertz CT molecular complexity index is 1340. The summed E-state index contributed by atoms with van der Waals surface area (Å²) in [5.74, 6) is 0. The second-order valence-corrected chi connectivity index (χ2v) is 8.20. The van der Waals surface area contributed by atoms with Crippen LogP contribution in [0.4, 0.5) is 17.1 Å². The normalized spacial score (nSPS) is 10.9. The summed E-state index contributed by atoms with van der Waals surface area (Å²) < 4.78 is 0.731. The van der Waals surface area contributed by atoms with Gasteiger partial charge in [-0.3, -0.25) is 4.98 Å². The van der Waals surface area contributed by atoms with E-state index in [1.54, 1.807) is 12.4 Å². The first-order valence-corrected chi connectivity index (χ1v) is 10.9. The topological polar surface area (TPSA) is 29.0 Å². The fraction of sp³-hybridized carbons (Fsp3) is 0.0370. The first kappa shape index (κ1) is 19.5. The van der Waals surface area contributed by atoms with E-state index in [1.165, 1.54) is 16.3 Å². The smallest absolute Gasteiger partial charge is 0.124 e. The molecule has 0 saturated heterocycles. The maximum atomic E-state index is 4.47. The molecule has 5 aromatic rings. The van der Waals surface area contributed by atoms with Crippen LogP contribution in [-0.4, -0.2) is 9.97 Å². The van der Waals surface area contributed by atoms with E-state index < -0.39 is 0 Å². The Morgan fingerprint density at radius 3 is 2.16 bits per heavy atom. The lowest BCUT2D eigenvalue weighted by Crippen LogP contribution is -2.11.